The monoisotopic (exact) mass is 1000 g/mol. The maximum absolute atomic E-state index is 2.68. The Bertz CT molecular complexity index is 3810. The summed E-state index contributed by atoms with van der Waals surface area (Å²) in [5.41, 5.74) is 26.9. The van der Waals surface area contributed by atoms with Gasteiger partial charge < -0.3 is 14.6 Å². The number of hydrogen-bond acceptors (Lipinski definition) is 3. The van der Waals surface area contributed by atoms with Crippen LogP contribution in [0.15, 0.2) is 206 Å². The normalized spacial score (nSPS) is 13.1. The average molecular weight is 1000 g/mol. The number of hydrogen-bond donors (Lipinski definition) is 0. The topological polar surface area (TPSA) is 9.72 Å². The summed E-state index contributed by atoms with van der Waals surface area (Å²) in [6, 6.07) is 78.6. The lowest BCUT2D eigenvalue weighted by atomic mass is 9.43. The number of nitrogens with zero attached hydrogens (tertiary/aromatic N) is 3. The van der Waals surface area contributed by atoms with Gasteiger partial charge in [0.1, 0.15) is 0 Å². The SMILES string of the molecule is Cc1cc(-c2ccccc2)ccc1N1c2cc(N(c3ccc(C(C)(C)C)cc3)c3ccc(C(C)(C)C)cc3)ccc2B2c3c(cc(-c4c(C)cccc4C)cc31)-c1ccc3ccccc3c1N2c1ccc(C(C)(C)C)cc1. The Morgan fingerprint density at radius 1 is 0.390 bits per heavy atom. The van der Waals surface area contributed by atoms with Crippen LogP contribution in [-0.2, 0) is 16.2 Å². The van der Waals surface area contributed by atoms with Crippen LogP contribution in [0.25, 0.3) is 44.2 Å². The van der Waals surface area contributed by atoms with Gasteiger partial charge in [0, 0.05) is 56.4 Å². The van der Waals surface area contributed by atoms with Gasteiger partial charge in [-0.05, 0) is 187 Å². The first-order valence-corrected chi connectivity index (χ1v) is 27.6. The van der Waals surface area contributed by atoms with Gasteiger partial charge in [0.2, 0.25) is 0 Å². The molecule has 10 aromatic rings. The van der Waals surface area contributed by atoms with Gasteiger partial charge in [0.05, 0.1) is 0 Å². The van der Waals surface area contributed by atoms with Crippen LogP contribution in [0, 0.1) is 20.8 Å². The van der Waals surface area contributed by atoms with Crippen molar-refractivity contribution in [1.82, 2.24) is 0 Å². The Labute approximate surface area is 458 Å². The summed E-state index contributed by atoms with van der Waals surface area (Å²) < 4.78 is 0. The molecule has 380 valence electrons. The molecule has 0 aliphatic carbocycles. The molecule has 2 heterocycles. The lowest BCUT2D eigenvalue weighted by Crippen LogP contribution is -2.61. The second-order valence-electron chi connectivity index (χ2n) is 24.9. The third-order valence-electron chi connectivity index (χ3n) is 16.5. The fraction of sp³-hybridized carbons (Fsp3) is 0.205. The van der Waals surface area contributed by atoms with Crippen LogP contribution in [0.1, 0.15) is 95.7 Å². The Balaban J connectivity index is 1.19. The zero-order valence-corrected chi connectivity index (χ0v) is 47.0. The van der Waals surface area contributed by atoms with E-state index < -0.39 is 0 Å². The van der Waals surface area contributed by atoms with Crippen molar-refractivity contribution in [2.75, 3.05) is 14.6 Å². The smallest absolute Gasteiger partial charge is 0.333 e. The first kappa shape index (κ1) is 49.8. The molecule has 0 N–H and O–H groups in total. The van der Waals surface area contributed by atoms with E-state index in [2.05, 4.69) is 304 Å². The molecule has 2 aliphatic heterocycles. The van der Waals surface area contributed by atoms with Crippen LogP contribution in [0.5, 0.6) is 0 Å². The molecule has 77 heavy (non-hydrogen) atoms. The Morgan fingerprint density at radius 3 is 1.56 bits per heavy atom. The third kappa shape index (κ3) is 8.73. The van der Waals surface area contributed by atoms with Crippen LogP contribution < -0.4 is 25.5 Å². The highest BCUT2D eigenvalue weighted by molar-refractivity contribution is 6.94. The van der Waals surface area contributed by atoms with Crippen LogP contribution in [-0.4, -0.2) is 6.85 Å². The van der Waals surface area contributed by atoms with Gasteiger partial charge in [-0.1, -0.05) is 196 Å². The van der Waals surface area contributed by atoms with E-state index in [4.69, 9.17) is 0 Å². The molecule has 0 spiro atoms. The fourth-order valence-corrected chi connectivity index (χ4v) is 12.3. The number of rotatable bonds is 7. The second kappa shape index (κ2) is 18.6. The highest BCUT2D eigenvalue weighted by Gasteiger charge is 2.46. The predicted molar refractivity (Wildman–Crippen MR) is 334 cm³/mol. The Kier molecular flexibility index (Phi) is 12.0. The minimum atomic E-state index is -0.180. The molecule has 12 rings (SSSR count). The molecule has 2 aliphatic rings. The van der Waals surface area contributed by atoms with Crippen molar-refractivity contribution in [3.8, 4) is 33.4 Å². The standard InChI is InChI=1S/C73H70BN3/c1-47-19-18-20-48(2)68(47)53-44-63-62-40-25-51-23-16-17-24-61(51)70(62)77(59-37-31-56(32-38-59)73(10,11)12)74-64-41-39-60(75(57-33-27-54(28-34-57)71(4,5)6)58-35-29-55(30-36-58)72(7,8)9)46-66(64)76(67(45-53)69(63)74)65-42-26-52(43-49(65)3)50-21-14-13-15-22-50/h13-46H,1-12H3. The van der Waals surface area contributed by atoms with E-state index in [9.17, 15) is 0 Å². The van der Waals surface area contributed by atoms with Crippen molar-refractivity contribution in [2.24, 2.45) is 0 Å². The summed E-state index contributed by atoms with van der Waals surface area (Å²) in [6.45, 7) is 27.3. The molecule has 0 fully saturated rings. The van der Waals surface area contributed by atoms with Gasteiger partial charge in [0.15, 0.2) is 0 Å². The largest absolute Gasteiger partial charge is 0.376 e. The van der Waals surface area contributed by atoms with E-state index in [0.29, 0.717) is 0 Å². The first-order chi connectivity index (χ1) is 36.8. The quantitative estimate of drug-likeness (QED) is 0.147. The van der Waals surface area contributed by atoms with Crippen molar-refractivity contribution in [3.05, 3.63) is 240 Å². The second-order valence-corrected chi connectivity index (χ2v) is 24.9. The highest BCUT2D eigenvalue weighted by atomic mass is 15.2. The van der Waals surface area contributed by atoms with Crippen LogP contribution >= 0.6 is 0 Å². The molecular formula is C73H70BN3. The minimum Gasteiger partial charge on any atom is -0.376 e. The van der Waals surface area contributed by atoms with Crippen LogP contribution in [0.4, 0.5) is 45.5 Å². The summed E-state index contributed by atoms with van der Waals surface area (Å²) in [6.07, 6.45) is 0. The van der Waals surface area contributed by atoms with E-state index in [1.165, 1.54) is 106 Å². The molecule has 10 aromatic carbocycles. The summed E-state index contributed by atoms with van der Waals surface area (Å²) in [5.74, 6) is 0. The molecule has 4 heteroatoms. The molecule has 0 aromatic heterocycles. The van der Waals surface area contributed by atoms with E-state index >= 15 is 0 Å². The first-order valence-electron chi connectivity index (χ1n) is 27.6. The zero-order valence-electron chi connectivity index (χ0n) is 47.0. The third-order valence-corrected chi connectivity index (χ3v) is 16.5. The molecular weight excluding hydrogens is 930 g/mol. The van der Waals surface area contributed by atoms with Gasteiger partial charge >= 0.3 is 6.85 Å². The minimum absolute atomic E-state index is 0.00314. The molecule has 0 radical (unpaired) electrons. The summed E-state index contributed by atoms with van der Waals surface area (Å²) in [5, 5.41) is 2.47. The molecule has 3 nitrogen and oxygen atoms in total. The lowest BCUT2D eigenvalue weighted by Gasteiger charge is -2.47. The summed E-state index contributed by atoms with van der Waals surface area (Å²) in [4.78, 5) is 7.76. The van der Waals surface area contributed by atoms with E-state index in [0.717, 1.165) is 28.4 Å². The van der Waals surface area contributed by atoms with Crippen LogP contribution in [0.2, 0.25) is 0 Å². The number of aryl methyl sites for hydroxylation is 3. The van der Waals surface area contributed by atoms with E-state index in [-0.39, 0.29) is 23.1 Å². The number of benzene rings is 10. The Hall–Kier alpha value is -8.08. The van der Waals surface area contributed by atoms with E-state index in [1.54, 1.807) is 0 Å². The van der Waals surface area contributed by atoms with Gasteiger partial charge in [-0.15, -0.1) is 0 Å². The molecule has 0 bridgehead atoms. The van der Waals surface area contributed by atoms with Crippen molar-refractivity contribution in [2.45, 2.75) is 99.3 Å². The molecule has 0 atom stereocenters. The number of anilines is 8. The average Bonchev–Trinajstić information content (AvgIpc) is 3.51. The van der Waals surface area contributed by atoms with E-state index in [1.807, 2.05) is 0 Å². The molecule has 0 saturated carbocycles. The number of fused-ring (bicyclic) bond motifs is 6. The van der Waals surface area contributed by atoms with Crippen molar-refractivity contribution in [1.29, 1.82) is 0 Å². The highest BCUT2D eigenvalue weighted by Crippen LogP contribution is 2.52. The predicted octanol–water partition coefficient (Wildman–Crippen LogP) is 19.2. The van der Waals surface area contributed by atoms with Gasteiger partial charge in [-0.3, -0.25) is 0 Å². The zero-order chi connectivity index (χ0) is 53.7. The molecule has 0 unspecified atom stereocenters. The maximum atomic E-state index is 2.68. The van der Waals surface area contributed by atoms with Crippen LogP contribution in [0.3, 0.4) is 0 Å². The van der Waals surface area contributed by atoms with Crippen molar-refractivity contribution < 1.29 is 0 Å². The lowest BCUT2D eigenvalue weighted by molar-refractivity contribution is 0.590. The Morgan fingerprint density at radius 2 is 0.961 bits per heavy atom. The maximum Gasteiger partial charge on any atom is 0.333 e. The van der Waals surface area contributed by atoms with Crippen molar-refractivity contribution >= 4 is 74.0 Å². The molecule has 0 saturated heterocycles. The van der Waals surface area contributed by atoms with Crippen molar-refractivity contribution in [3.63, 3.8) is 0 Å². The molecule has 0 amide bonds. The summed E-state index contributed by atoms with van der Waals surface area (Å²) in [7, 11) is 0. The van der Waals surface area contributed by atoms with Gasteiger partial charge in [-0.2, -0.15) is 0 Å². The van der Waals surface area contributed by atoms with Gasteiger partial charge in [0.25, 0.3) is 0 Å². The fourth-order valence-electron chi connectivity index (χ4n) is 12.3. The van der Waals surface area contributed by atoms with Gasteiger partial charge in [-0.25, -0.2) is 0 Å². The summed E-state index contributed by atoms with van der Waals surface area (Å²) >= 11 is 0.